The molecule has 0 aromatic heterocycles. The molecule has 2 aliphatic rings. The van der Waals surface area contributed by atoms with Crippen molar-refractivity contribution in [1.82, 2.24) is 5.32 Å². The Bertz CT molecular complexity index is 2000. The molecule has 1 heterocycles. The maximum atomic E-state index is 14.8. The molecule has 5 aromatic rings. The molecule has 5 aromatic carbocycles. The zero-order chi connectivity index (χ0) is 33.2. The Morgan fingerprint density at radius 1 is 0.792 bits per heavy atom. The summed E-state index contributed by atoms with van der Waals surface area (Å²) in [7, 11) is 0. The van der Waals surface area contributed by atoms with Gasteiger partial charge in [0.1, 0.15) is 6.04 Å². The second-order valence-electron chi connectivity index (χ2n) is 13.3. The highest BCUT2D eigenvalue weighted by atomic mass is 16.2. The largest absolute Gasteiger partial charge is 0.369 e. The second-order valence-corrected chi connectivity index (χ2v) is 13.3. The molecule has 6 heteroatoms. The van der Waals surface area contributed by atoms with Gasteiger partial charge in [0.15, 0.2) is 0 Å². The number of amides is 3. The number of carbonyl (C=O) groups excluding carboxylic acids is 3. The van der Waals surface area contributed by atoms with Gasteiger partial charge in [-0.1, -0.05) is 123 Å². The second kappa shape index (κ2) is 13.5. The van der Waals surface area contributed by atoms with Crippen LogP contribution in [0.25, 0.3) is 33.0 Å². The lowest BCUT2D eigenvalue weighted by Gasteiger charge is -2.29. The summed E-state index contributed by atoms with van der Waals surface area (Å²) in [5.74, 6) is -1.69. The minimum Gasteiger partial charge on any atom is -0.369 e. The number of nitrogens with two attached hydrogens (primary N) is 1. The molecule has 1 fully saturated rings. The van der Waals surface area contributed by atoms with Crippen LogP contribution in [0.5, 0.6) is 0 Å². The van der Waals surface area contributed by atoms with E-state index in [1.807, 2.05) is 79.7 Å². The van der Waals surface area contributed by atoms with Gasteiger partial charge < -0.3 is 16.0 Å². The van der Waals surface area contributed by atoms with E-state index in [9.17, 15) is 14.4 Å². The fraction of sp³-hybridized carbons (Fsp3) is 0.262. The number of primary amides is 1. The number of carbonyl (C=O) groups is 3. The summed E-state index contributed by atoms with van der Waals surface area (Å²) < 4.78 is 0. The van der Waals surface area contributed by atoms with Gasteiger partial charge in [-0.2, -0.15) is 0 Å². The first kappa shape index (κ1) is 31.4. The summed E-state index contributed by atoms with van der Waals surface area (Å²) in [4.78, 5) is 43.4. The van der Waals surface area contributed by atoms with E-state index in [-0.39, 0.29) is 11.8 Å². The Balaban J connectivity index is 1.25. The smallest absolute Gasteiger partial charge is 0.254 e. The summed E-state index contributed by atoms with van der Waals surface area (Å²) in [5.41, 5.74) is 12.4. The Labute approximate surface area is 282 Å². The number of benzene rings is 5. The number of rotatable bonds is 11. The van der Waals surface area contributed by atoms with Gasteiger partial charge in [0.25, 0.3) is 5.91 Å². The molecule has 1 unspecified atom stereocenters. The fourth-order valence-corrected chi connectivity index (χ4v) is 7.31. The standard InChI is InChI=1S/C42H41N3O3/c1-2-10-36(40(43)46)37(24-27-19-20-27)41(47)44-39-35-17-6-5-15-33(35)34-16-7-8-18-38(34)45(42(39)48)26-28-11-9-14-30(23-28)32-22-21-29-12-3-4-13-31(29)25-32/h3-9,11-18,21-23,25,27,36-37,39H,2,10,19-20,24,26H2,1H3,(H2,43,46)(H,44,47)/t36-,37+,39?/m0/s1. The lowest BCUT2D eigenvalue weighted by Crippen LogP contribution is -2.46. The third kappa shape index (κ3) is 6.35. The van der Waals surface area contributed by atoms with Crippen LogP contribution in [0.4, 0.5) is 5.69 Å². The zero-order valence-electron chi connectivity index (χ0n) is 27.3. The number of hydrogen-bond donors (Lipinski definition) is 2. The van der Waals surface area contributed by atoms with Gasteiger partial charge in [0, 0.05) is 17.4 Å². The van der Waals surface area contributed by atoms with Crippen LogP contribution in [0.15, 0.2) is 115 Å². The number of nitrogens with one attached hydrogen (secondary N) is 1. The van der Waals surface area contributed by atoms with Crippen LogP contribution in [0.2, 0.25) is 0 Å². The minimum absolute atomic E-state index is 0.215. The van der Waals surface area contributed by atoms with Crippen LogP contribution in [0.1, 0.15) is 56.2 Å². The maximum Gasteiger partial charge on any atom is 0.254 e. The number of nitrogens with zero attached hydrogens (tertiary/aromatic N) is 1. The molecule has 7 rings (SSSR count). The van der Waals surface area contributed by atoms with Crippen LogP contribution in [-0.2, 0) is 20.9 Å². The van der Waals surface area contributed by atoms with Crippen LogP contribution in [0.3, 0.4) is 0 Å². The topological polar surface area (TPSA) is 92.5 Å². The normalized spacial score (nSPS) is 16.8. The average Bonchev–Trinajstić information content (AvgIpc) is 3.95. The molecule has 6 nitrogen and oxygen atoms in total. The lowest BCUT2D eigenvalue weighted by molar-refractivity contribution is -0.136. The predicted octanol–water partition coefficient (Wildman–Crippen LogP) is 8.20. The first-order chi connectivity index (χ1) is 23.4. The highest BCUT2D eigenvalue weighted by molar-refractivity contribution is 6.06. The highest BCUT2D eigenvalue weighted by Crippen LogP contribution is 2.42. The molecule has 0 bridgehead atoms. The Hall–Kier alpha value is -5.23. The Morgan fingerprint density at radius 3 is 2.27 bits per heavy atom. The van der Waals surface area contributed by atoms with Crippen molar-refractivity contribution in [2.24, 2.45) is 23.5 Å². The average molecular weight is 636 g/mol. The summed E-state index contributed by atoms with van der Waals surface area (Å²) in [5, 5.41) is 5.52. The first-order valence-electron chi connectivity index (χ1n) is 17.1. The molecule has 0 saturated heterocycles. The highest BCUT2D eigenvalue weighted by Gasteiger charge is 2.40. The third-order valence-corrected chi connectivity index (χ3v) is 9.98. The van der Waals surface area contributed by atoms with Crippen molar-refractivity contribution in [3.05, 3.63) is 126 Å². The summed E-state index contributed by atoms with van der Waals surface area (Å²) >= 11 is 0. The van der Waals surface area contributed by atoms with Gasteiger partial charge in [0.2, 0.25) is 11.8 Å². The van der Waals surface area contributed by atoms with Crippen molar-refractivity contribution in [2.45, 2.75) is 51.6 Å². The molecule has 0 radical (unpaired) electrons. The number of anilines is 1. The molecular formula is C42H41N3O3. The van der Waals surface area contributed by atoms with Gasteiger partial charge >= 0.3 is 0 Å². The fourth-order valence-electron chi connectivity index (χ4n) is 7.31. The van der Waals surface area contributed by atoms with Gasteiger partial charge in [0.05, 0.1) is 12.2 Å². The van der Waals surface area contributed by atoms with Crippen molar-refractivity contribution in [2.75, 3.05) is 4.90 Å². The molecule has 48 heavy (non-hydrogen) atoms. The molecule has 242 valence electrons. The van der Waals surface area contributed by atoms with Crippen LogP contribution in [0, 0.1) is 17.8 Å². The quantitative estimate of drug-likeness (QED) is 0.153. The van der Waals surface area contributed by atoms with Crippen LogP contribution >= 0.6 is 0 Å². The lowest BCUT2D eigenvalue weighted by atomic mass is 9.83. The van der Waals surface area contributed by atoms with Crippen LogP contribution in [-0.4, -0.2) is 17.7 Å². The minimum atomic E-state index is -0.929. The third-order valence-electron chi connectivity index (χ3n) is 9.98. The van der Waals surface area contributed by atoms with Crippen molar-refractivity contribution in [1.29, 1.82) is 0 Å². The van der Waals surface area contributed by atoms with E-state index in [1.165, 1.54) is 10.8 Å². The molecule has 0 spiro atoms. The van der Waals surface area contributed by atoms with E-state index in [0.717, 1.165) is 58.3 Å². The predicted molar refractivity (Wildman–Crippen MR) is 192 cm³/mol. The Kier molecular flexibility index (Phi) is 8.81. The summed E-state index contributed by atoms with van der Waals surface area (Å²) in [6, 6.07) is 37.9. The van der Waals surface area contributed by atoms with E-state index in [0.29, 0.717) is 25.3 Å². The maximum absolute atomic E-state index is 14.8. The molecule has 1 aliphatic heterocycles. The molecule has 1 saturated carbocycles. The van der Waals surface area contributed by atoms with Crippen molar-refractivity contribution in [3.63, 3.8) is 0 Å². The van der Waals surface area contributed by atoms with Crippen molar-refractivity contribution in [3.8, 4) is 22.3 Å². The van der Waals surface area contributed by atoms with E-state index in [4.69, 9.17) is 5.73 Å². The van der Waals surface area contributed by atoms with Gasteiger partial charge in [-0.15, -0.1) is 0 Å². The number of hydrogen-bond acceptors (Lipinski definition) is 3. The molecule has 1 aliphatic carbocycles. The number of fused-ring (bicyclic) bond motifs is 4. The zero-order valence-corrected chi connectivity index (χ0v) is 27.3. The molecular weight excluding hydrogens is 594 g/mol. The van der Waals surface area contributed by atoms with Crippen LogP contribution < -0.4 is 16.0 Å². The van der Waals surface area contributed by atoms with E-state index < -0.39 is 23.8 Å². The Morgan fingerprint density at radius 2 is 1.50 bits per heavy atom. The molecule has 3 amide bonds. The first-order valence-corrected chi connectivity index (χ1v) is 17.1. The molecule has 3 atom stereocenters. The van der Waals surface area contributed by atoms with E-state index >= 15 is 0 Å². The van der Waals surface area contributed by atoms with E-state index in [2.05, 4.69) is 47.8 Å². The SMILES string of the molecule is CCC[C@H](C(N)=O)[C@@H](CC1CC1)C(=O)NC1C(=O)N(Cc2cccc(-c3ccc4ccccc4c3)c2)c2ccccc2-c2ccccc21. The van der Waals surface area contributed by atoms with Gasteiger partial charge in [-0.3, -0.25) is 14.4 Å². The van der Waals surface area contributed by atoms with Gasteiger partial charge in [-0.25, -0.2) is 0 Å². The van der Waals surface area contributed by atoms with Crippen molar-refractivity contribution >= 4 is 34.2 Å². The van der Waals surface area contributed by atoms with Crippen molar-refractivity contribution < 1.29 is 14.4 Å². The monoisotopic (exact) mass is 635 g/mol. The number of para-hydroxylation sites is 1. The van der Waals surface area contributed by atoms with Gasteiger partial charge in [-0.05, 0) is 75.5 Å². The summed E-state index contributed by atoms with van der Waals surface area (Å²) in [6.07, 6.45) is 3.99. The summed E-state index contributed by atoms with van der Waals surface area (Å²) in [6.45, 7) is 2.32. The van der Waals surface area contributed by atoms with E-state index in [1.54, 1.807) is 4.90 Å². The molecule has 3 N–H and O–H groups in total.